The van der Waals surface area contributed by atoms with Crippen LogP contribution >= 0.6 is 0 Å². The summed E-state index contributed by atoms with van der Waals surface area (Å²) >= 11 is 0. The van der Waals surface area contributed by atoms with E-state index in [2.05, 4.69) is 36.1 Å². The van der Waals surface area contributed by atoms with Gasteiger partial charge < -0.3 is 34.1 Å². The normalized spacial score (nSPS) is 21.8. The average molecular weight is 659 g/mol. The van der Waals surface area contributed by atoms with Gasteiger partial charge in [-0.05, 0) is 61.8 Å². The number of carbonyl (C=O) groups is 1. The van der Waals surface area contributed by atoms with Crippen LogP contribution in [0.3, 0.4) is 0 Å². The van der Waals surface area contributed by atoms with Gasteiger partial charge in [-0.1, -0.05) is 0 Å². The fraction of sp³-hybridized carbons (Fsp3) is 0.444. The number of ether oxygens (including phenoxy) is 2. The molecule has 1 amide bonds. The van der Waals surface area contributed by atoms with Crippen LogP contribution in [0.15, 0.2) is 42.9 Å². The molecule has 0 unspecified atom stereocenters. The molecular formula is C36H38N10O3. The van der Waals surface area contributed by atoms with Crippen LogP contribution < -0.4 is 20.1 Å². The summed E-state index contributed by atoms with van der Waals surface area (Å²) in [5.41, 5.74) is 10.9. The first-order valence-corrected chi connectivity index (χ1v) is 17.1. The molecule has 5 aromatic rings. The van der Waals surface area contributed by atoms with Gasteiger partial charge in [-0.3, -0.25) is 4.79 Å². The van der Waals surface area contributed by atoms with Gasteiger partial charge in [0, 0.05) is 67.7 Å². The number of hydrogen-bond acceptors (Lipinski definition) is 10. The highest BCUT2D eigenvalue weighted by Crippen LogP contribution is 2.41. The summed E-state index contributed by atoms with van der Waals surface area (Å²) in [5, 5.41) is 10.6. The zero-order chi connectivity index (χ0) is 33.4. The number of piperidine rings is 1. The number of aromatic nitrogens is 6. The van der Waals surface area contributed by atoms with Crippen LogP contribution in [-0.2, 0) is 13.1 Å². The number of likely N-dealkylation sites (tertiary alicyclic amines) is 1. The lowest BCUT2D eigenvalue weighted by atomic mass is 9.99. The maximum Gasteiger partial charge on any atom is 0.254 e. The minimum absolute atomic E-state index is 0.0223. The maximum absolute atomic E-state index is 14.0. The molecule has 3 atom stereocenters. The SMILES string of the molecule is COc1ccc2cc(-c3nc4cc(C(=O)N5C[C@H]6CC[C@@H]5[C@@H]6N)cc(OC)c4n3CC3CN(c4ncncc4C#N)C3)n(CC3CC3)c2n1. The van der Waals surface area contributed by atoms with Gasteiger partial charge in [0.15, 0.2) is 5.82 Å². The molecular weight excluding hydrogens is 620 g/mol. The fourth-order valence-electron chi connectivity index (χ4n) is 8.25. The molecule has 4 aromatic heterocycles. The number of anilines is 1. The highest BCUT2D eigenvalue weighted by molar-refractivity contribution is 6.00. The van der Waals surface area contributed by atoms with E-state index in [1.54, 1.807) is 20.4 Å². The second kappa shape index (κ2) is 11.4. The maximum atomic E-state index is 14.0. The summed E-state index contributed by atoms with van der Waals surface area (Å²) in [5.74, 6) is 3.82. The molecule has 2 saturated heterocycles. The average Bonchev–Trinajstić information content (AvgIpc) is 3.48. The molecule has 250 valence electrons. The van der Waals surface area contributed by atoms with Crippen molar-refractivity contribution in [1.82, 2.24) is 34.0 Å². The van der Waals surface area contributed by atoms with E-state index in [0.29, 0.717) is 59.0 Å². The Labute approximate surface area is 283 Å². The number of nitrogens with two attached hydrogens (primary N) is 1. The molecule has 0 spiro atoms. The Bertz CT molecular complexity index is 2160. The number of methoxy groups -OCH3 is 2. The molecule has 2 bridgehead atoms. The highest BCUT2D eigenvalue weighted by atomic mass is 16.5. The van der Waals surface area contributed by atoms with Crippen LogP contribution in [-0.4, -0.2) is 85.8 Å². The number of imidazole rings is 1. The quantitative estimate of drug-likeness (QED) is 0.247. The summed E-state index contributed by atoms with van der Waals surface area (Å²) in [4.78, 5) is 36.6. The number of amides is 1. The predicted octanol–water partition coefficient (Wildman–Crippen LogP) is 3.84. The Morgan fingerprint density at radius 3 is 2.55 bits per heavy atom. The molecule has 49 heavy (non-hydrogen) atoms. The Hall–Kier alpha value is -5.22. The number of fused-ring (bicyclic) bond motifs is 4. The van der Waals surface area contributed by atoms with Crippen molar-refractivity contribution in [2.75, 3.05) is 38.8 Å². The van der Waals surface area contributed by atoms with Gasteiger partial charge >= 0.3 is 0 Å². The molecule has 13 heteroatoms. The van der Waals surface area contributed by atoms with Gasteiger partial charge in [-0.2, -0.15) is 10.2 Å². The molecule has 2 saturated carbocycles. The highest BCUT2D eigenvalue weighted by Gasteiger charge is 2.47. The van der Waals surface area contributed by atoms with Crippen LogP contribution in [0, 0.1) is 29.1 Å². The Kier molecular flexibility index (Phi) is 6.98. The third kappa shape index (κ3) is 4.88. The molecule has 2 aliphatic heterocycles. The number of carbonyl (C=O) groups excluding carboxylic acids is 1. The monoisotopic (exact) mass is 658 g/mol. The first-order chi connectivity index (χ1) is 23.9. The van der Waals surface area contributed by atoms with E-state index in [1.807, 2.05) is 29.2 Å². The van der Waals surface area contributed by atoms with Gasteiger partial charge in [-0.25, -0.2) is 15.0 Å². The number of nitrogens with zero attached hydrogens (tertiary/aromatic N) is 9. The zero-order valence-electron chi connectivity index (χ0n) is 27.6. The third-order valence-corrected chi connectivity index (χ3v) is 11.0. The summed E-state index contributed by atoms with van der Waals surface area (Å²) in [6.45, 7) is 3.64. The van der Waals surface area contributed by atoms with Gasteiger partial charge in [0.25, 0.3) is 5.91 Å². The van der Waals surface area contributed by atoms with Crippen LogP contribution in [0.5, 0.6) is 11.6 Å². The molecule has 6 heterocycles. The number of rotatable bonds is 9. The minimum Gasteiger partial charge on any atom is -0.494 e. The van der Waals surface area contributed by atoms with E-state index >= 15 is 0 Å². The van der Waals surface area contributed by atoms with Crippen molar-refractivity contribution in [3.63, 3.8) is 0 Å². The molecule has 2 aliphatic carbocycles. The number of hydrogen-bond donors (Lipinski definition) is 1. The Balaban J connectivity index is 1.15. The van der Waals surface area contributed by atoms with Crippen molar-refractivity contribution in [3.8, 4) is 29.2 Å². The lowest BCUT2D eigenvalue weighted by molar-refractivity contribution is 0.0700. The Morgan fingerprint density at radius 1 is 1.00 bits per heavy atom. The molecule has 9 rings (SSSR count). The predicted molar refractivity (Wildman–Crippen MR) is 182 cm³/mol. The van der Waals surface area contributed by atoms with Gasteiger partial charge in [0.2, 0.25) is 5.88 Å². The standard InChI is InChI=1S/C36H38N10O3/c1-48-29-11-24(36(47)45-18-23-5-7-27(45)31(23)38)9-26-32(29)46(17-21-14-43(15-21)33-25(12-37)13-39-19-40-33)35(41-26)28-10-22-6-8-30(49-2)42-34(22)44(28)16-20-3-4-20/h6,8-11,13,19-21,23,27,31H,3-5,7,14-18,38H2,1-2H3/t23-,27-,31-/m1/s1. The van der Waals surface area contributed by atoms with E-state index in [-0.39, 0.29) is 23.9 Å². The van der Waals surface area contributed by atoms with Gasteiger partial charge in [0.1, 0.15) is 40.7 Å². The largest absolute Gasteiger partial charge is 0.494 e. The van der Waals surface area contributed by atoms with Crippen molar-refractivity contribution in [3.05, 3.63) is 54.0 Å². The first-order valence-electron chi connectivity index (χ1n) is 17.1. The molecule has 1 aromatic carbocycles. The van der Waals surface area contributed by atoms with Crippen molar-refractivity contribution < 1.29 is 14.3 Å². The number of nitriles is 1. The van der Waals surface area contributed by atoms with E-state index in [9.17, 15) is 10.1 Å². The lowest BCUT2D eigenvalue weighted by Gasteiger charge is -2.40. The fourth-order valence-corrected chi connectivity index (χ4v) is 8.25. The summed E-state index contributed by atoms with van der Waals surface area (Å²) in [6, 6.07) is 12.2. The smallest absolute Gasteiger partial charge is 0.254 e. The van der Waals surface area contributed by atoms with Crippen molar-refractivity contribution in [1.29, 1.82) is 5.26 Å². The van der Waals surface area contributed by atoms with Crippen molar-refractivity contribution in [2.24, 2.45) is 23.5 Å². The third-order valence-electron chi connectivity index (χ3n) is 11.0. The molecule has 4 aliphatic rings. The van der Waals surface area contributed by atoms with E-state index < -0.39 is 0 Å². The van der Waals surface area contributed by atoms with Gasteiger partial charge in [-0.15, -0.1) is 0 Å². The van der Waals surface area contributed by atoms with E-state index in [0.717, 1.165) is 60.5 Å². The number of pyridine rings is 1. The van der Waals surface area contributed by atoms with Crippen molar-refractivity contribution >= 4 is 33.8 Å². The van der Waals surface area contributed by atoms with E-state index in [4.69, 9.17) is 25.2 Å². The van der Waals surface area contributed by atoms with E-state index in [1.165, 1.54) is 19.2 Å². The minimum atomic E-state index is -0.0223. The molecule has 2 N–H and O–H groups in total. The van der Waals surface area contributed by atoms with Crippen LogP contribution in [0.25, 0.3) is 33.6 Å². The second-order valence-electron chi connectivity index (χ2n) is 14.0. The molecule has 13 nitrogen and oxygen atoms in total. The summed E-state index contributed by atoms with van der Waals surface area (Å²) in [7, 11) is 3.29. The van der Waals surface area contributed by atoms with Gasteiger partial charge in [0.05, 0.1) is 31.6 Å². The lowest BCUT2D eigenvalue weighted by Crippen LogP contribution is -2.49. The van der Waals surface area contributed by atoms with Crippen LogP contribution in [0.2, 0.25) is 0 Å². The second-order valence-corrected chi connectivity index (χ2v) is 14.0. The van der Waals surface area contributed by atoms with Crippen LogP contribution in [0.4, 0.5) is 5.82 Å². The Morgan fingerprint density at radius 2 is 1.84 bits per heavy atom. The topological polar surface area (TPSA) is 153 Å². The number of benzene rings is 1. The molecule has 0 radical (unpaired) electrons. The van der Waals surface area contributed by atoms with Crippen molar-refractivity contribution in [2.45, 2.75) is 50.9 Å². The van der Waals surface area contributed by atoms with Crippen LogP contribution in [0.1, 0.15) is 41.6 Å². The molecule has 4 fully saturated rings. The first kappa shape index (κ1) is 29.9. The summed E-state index contributed by atoms with van der Waals surface area (Å²) < 4.78 is 16.1. The zero-order valence-corrected chi connectivity index (χ0v) is 27.6. The summed E-state index contributed by atoms with van der Waals surface area (Å²) in [6.07, 6.45) is 7.44.